The first-order chi connectivity index (χ1) is 8.84. The van der Waals surface area contributed by atoms with E-state index in [1.54, 1.807) is 0 Å². The molecule has 0 bridgehead atoms. The van der Waals surface area contributed by atoms with E-state index in [4.69, 9.17) is 0 Å². The fourth-order valence-electron chi connectivity index (χ4n) is 4.11. The van der Waals surface area contributed by atoms with Gasteiger partial charge >= 0.3 is 0 Å². The topological polar surface area (TPSA) is 35.5 Å². The van der Waals surface area contributed by atoms with Crippen molar-refractivity contribution >= 4 is 5.69 Å². The summed E-state index contributed by atoms with van der Waals surface area (Å²) in [5, 5.41) is 13.7. The van der Waals surface area contributed by atoms with Gasteiger partial charge in [-0.25, -0.2) is 0 Å². The van der Waals surface area contributed by atoms with Gasteiger partial charge in [-0.1, -0.05) is 18.2 Å². The van der Waals surface area contributed by atoms with Crippen molar-refractivity contribution < 1.29 is 5.11 Å². The Hall–Kier alpha value is -1.06. The summed E-state index contributed by atoms with van der Waals surface area (Å²) in [6, 6.07) is 6.72. The zero-order chi connectivity index (χ0) is 12.1. The lowest BCUT2D eigenvalue weighted by Crippen LogP contribution is -2.41. The minimum atomic E-state index is -0.0944. The lowest BCUT2D eigenvalue weighted by atomic mass is 9.82. The maximum atomic E-state index is 10.2. The summed E-state index contributed by atoms with van der Waals surface area (Å²) in [5.41, 5.74) is 4.40. The third-order valence-electron chi connectivity index (χ3n) is 4.96. The molecule has 2 heterocycles. The molecule has 3 aliphatic rings. The number of benzene rings is 1. The molecule has 3 heteroatoms. The van der Waals surface area contributed by atoms with Gasteiger partial charge in [-0.15, -0.1) is 0 Å². The highest BCUT2D eigenvalue weighted by molar-refractivity contribution is 5.64. The predicted molar refractivity (Wildman–Crippen MR) is 71.8 cm³/mol. The molecule has 0 saturated heterocycles. The van der Waals surface area contributed by atoms with Gasteiger partial charge in [-0.05, 0) is 29.9 Å². The second-order valence-electron chi connectivity index (χ2n) is 5.89. The Bertz CT molecular complexity index is 474. The molecule has 0 aromatic heterocycles. The SMILES string of the molecule is OC1CC[C@@H]2c3cccc4c3N(CCNC4)CC12. The first-order valence-corrected chi connectivity index (χ1v) is 7.10. The number of nitrogens with one attached hydrogen (secondary N) is 1. The van der Waals surface area contributed by atoms with Gasteiger partial charge in [0.2, 0.25) is 0 Å². The molecule has 4 rings (SSSR count). The zero-order valence-electron chi connectivity index (χ0n) is 10.6. The van der Waals surface area contributed by atoms with Gasteiger partial charge in [0.25, 0.3) is 0 Å². The van der Waals surface area contributed by atoms with E-state index in [0.29, 0.717) is 11.8 Å². The van der Waals surface area contributed by atoms with Gasteiger partial charge in [0.1, 0.15) is 0 Å². The molecule has 1 aliphatic carbocycles. The van der Waals surface area contributed by atoms with E-state index < -0.39 is 0 Å². The molecule has 1 saturated carbocycles. The van der Waals surface area contributed by atoms with Gasteiger partial charge in [0.05, 0.1) is 6.10 Å². The van der Waals surface area contributed by atoms with Crippen molar-refractivity contribution in [2.45, 2.75) is 31.4 Å². The van der Waals surface area contributed by atoms with E-state index >= 15 is 0 Å². The van der Waals surface area contributed by atoms with E-state index in [0.717, 1.165) is 39.0 Å². The Balaban J connectivity index is 1.86. The summed E-state index contributed by atoms with van der Waals surface area (Å²) in [5.74, 6) is 1.04. The van der Waals surface area contributed by atoms with Gasteiger partial charge in [0, 0.05) is 37.8 Å². The molecule has 2 N–H and O–H groups in total. The van der Waals surface area contributed by atoms with Crippen LogP contribution in [-0.2, 0) is 6.54 Å². The summed E-state index contributed by atoms with van der Waals surface area (Å²) < 4.78 is 0. The number of rotatable bonds is 0. The predicted octanol–water partition coefficient (Wildman–Crippen LogP) is 1.46. The van der Waals surface area contributed by atoms with Crippen molar-refractivity contribution in [3.63, 3.8) is 0 Å². The molecule has 3 atom stereocenters. The van der Waals surface area contributed by atoms with Crippen LogP contribution in [0.1, 0.15) is 29.9 Å². The van der Waals surface area contributed by atoms with Crippen molar-refractivity contribution in [3.05, 3.63) is 29.3 Å². The number of aliphatic hydroxyl groups is 1. The minimum absolute atomic E-state index is 0.0944. The summed E-state index contributed by atoms with van der Waals surface area (Å²) in [6.45, 7) is 4.14. The Kier molecular flexibility index (Phi) is 2.39. The first kappa shape index (κ1) is 10.8. The van der Waals surface area contributed by atoms with Crippen LogP contribution in [0.3, 0.4) is 0 Å². The average molecular weight is 244 g/mol. The molecular formula is C15H20N2O. The molecule has 96 valence electrons. The second-order valence-corrected chi connectivity index (χ2v) is 5.89. The Morgan fingerprint density at radius 2 is 2.22 bits per heavy atom. The molecule has 1 fully saturated rings. The van der Waals surface area contributed by atoms with E-state index in [9.17, 15) is 5.11 Å². The van der Waals surface area contributed by atoms with Crippen LogP contribution in [0, 0.1) is 5.92 Å². The van der Waals surface area contributed by atoms with Crippen LogP contribution in [0.5, 0.6) is 0 Å². The third-order valence-corrected chi connectivity index (χ3v) is 4.96. The summed E-state index contributed by atoms with van der Waals surface area (Å²) in [7, 11) is 0. The van der Waals surface area contributed by atoms with Crippen LogP contribution >= 0.6 is 0 Å². The first-order valence-electron chi connectivity index (χ1n) is 7.10. The van der Waals surface area contributed by atoms with Crippen LogP contribution in [0.4, 0.5) is 5.69 Å². The van der Waals surface area contributed by atoms with Crippen LogP contribution in [-0.4, -0.2) is 30.8 Å². The Morgan fingerprint density at radius 3 is 3.17 bits per heavy atom. The van der Waals surface area contributed by atoms with Crippen molar-refractivity contribution in [2.24, 2.45) is 5.92 Å². The van der Waals surface area contributed by atoms with Gasteiger partial charge in [-0.2, -0.15) is 0 Å². The standard InChI is InChI=1S/C15H20N2O/c18-14-5-4-11-12-3-1-2-10-8-16-6-7-17(15(10)12)9-13(11)14/h1-3,11,13-14,16,18H,4-9H2/t11-,13?,14?/m1/s1. The zero-order valence-corrected chi connectivity index (χ0v) is 10.6. The third kappa shape index (κ3) is 1.44. The lowest BCUT2D eigenvalue weighted by Gasteiger charge is -2.39. The molecule has 2 aliphatic heterocycles. The second kappa shape index (κ2) is 3.97. The Morgan fingerprint density at radius 1 is 1.28 bits per heavy atom. The number of fused-ring (bicyclic) bond motifs is 2. The highest BCUT2D eigenvalue weighted by atomic mass is 16.3. The number of hydrogen-bond acceptors (Lipinski definition) is 3. The minimum Gasteiger partial charge on any atom is -0.393 e. The van der Waals surface area contributed by atoms with Crippen molar-refractivity contribution in [3.8, 4) is 0 Å². The highest BCUT2D eigenvalue weighted by Crippen LogP contribution is 2.48. The molecule has 0 amide bonds. The van der Waals surface area contributed by atoms with E-state index in [2.05, 4.69) is 28.4 Å². The number of aliphatic hydroxyl groups excluding tert-OH is 1. The molecule has 1 aromatic rings. The Labute approximate surface area is 108 Å². The van der Waals surface area contributed by atoms with Crippen LogP contribution in [0.15, 0.2) is 18.2 Å². The summed E-state index contributed by atoms with van der Waals surface area (Å²) >= 11 is 0. The number of hydrogen-bond donors (Lipinski definition) is 2. The van der Waals surface area contributed by atoms with Crippen LogP contribution < -0.4 is 10.2 Å². The van der Waals surface area contributed by atoms with Crippen molar-refractivity contribution in [1.82, 2.24) is 5.32 Å². The van der Waals surface area contributed by atoms with Crippen LogP contribution in [0.2, 0.25) is 0 Å². The summed E-state index contributed by atoms with van der Waals surface area (Å²) in [6.07, 6.45) is 2.04. The van der Waals surface area contributed by atoms with Crippen molar-refractivity contribution in [1.29, 1.82) is 0 Å². The maximum Gasteiger partial charge on any atom is 0.0591 e. The molecule has 3 nitrogen and oxygen atoms in total. The number of para-hydroxylation sites is 1. The smallest absolute Gasteiger partial charge is 0.0591 e. The molecule has 18 heavy (non-hydrogen) atoms. The van der Waals surface area contributed by atoms with Gasteiger partial charge in [0.15, 0.2) is 0 Å². The fraction of sp³-hybridized carbons (Fsp3) is 0.600. The van der Waals surface area contributed by atoms with Crippen molar-refractivity contribution in [2.75, 3.05) is 24.5 Å². The normalized spacial score (nSPS) is 33.8. The fourth-order valence-corrected chi connectivity index (χ4v) is 4.11. The van der Waals surface area contributed by atoms with Gasteiger partial charge < -0.3 is 15.3 Å². The highest BCUT2D eigenvalue weighted by Gasteiger charge is 2.42. The quantitative estimate of drug-likeness (QED) is 0.725. The largest absolute Gasteiger partial charge is 0.393 e. The molecule has 0 spiro atoms. The molecule has 2 unspecified atom stereocenters. The molecule has 0 radical (unpaired) electrons. The molecule has 1 aromatic carbocycles. The van der Waals surface area contributed by atoms with E-state index in [-0.39, 0.29) is 6.10 Å². The van der Waals surface area contributed by atoms with E-state index in [1.165, 1.54) is 16.8 Å². The monoisotopic (exact) mass is 244 g/mol. The average Bonchev–Trinajstić information content (AvgIpc) is 2.64. The lowest BCUT2D eigenvalue weighted by molar-refractivity contribution is 0.128. The van der Waals surface area contributed by atoms with Crippen LogP contribution in [0.25, 0.3) is 0 Å². The van der Waals surface area contributed by atoms with Gasteiger partial charge in [-0.3, -0.25) is 0 Å². The van der Waals surface area contributed by atoms with E-state index in [1.807, 2.05) is 0 Å². The maximum absolute atomic E-state index is 10.2. The summed E-state index contributed by atoms with van der Waals surface area (Å²) in [4.78, 5) is 2.50. The number of nitrogens with zero attached hydrogens (tertiary/aromatic N) is 1. The number of anilines is 1. The molecular weight excluding hydrogens is 224 g/mol.